The summed E-state index contributed by atoms with van der Waals surface area (Å²) in [7, 11) is 1.43. The van der Waals surface area contributed by atoms with Gasteiger partial charge in [-0.1, -0.05) is 12.1 Å². The third-order valence-electron chi connectivity index (χ3n) is 6.44. The highest BCUT2D eigenvalue weighted by Crippen LogP contribution is 2.44. The number of aromatic hydroxyl groups is 1. The molecule has 0 aliphatic carbocycles. The lowest BCUT2D eigenvalue weighted by atomic mass is 10.1. The number of rotatable bonds is 9. The number of ether oxygens (including phenoxy) is 1. The molecular formula is C31H24N6O6S. The molecule has 12 nitrogen and oxygen atoms in total. The van der Waals surface area contributed by atoms with E-state index in [1.165, 1.54) is 43.5 Å². The van der Waals surface area contributed by atoms with Gasteiger partial charge < -0.3 is 31.1 Å². The average molecular weight is 609 g/mol. The molecule has 5 aromatic rings. The van der Waals surface area contributed by atoms with Gasteiger partial charge in [0.25, 0.3) is 0 Å². The standard InChI is InChI=1S/C31H24N6O6S/c1-43-26-15-24(35-34-21-4-2-3-18(11-21)31(41)42)23(32)14-25(26)36-37-28-27(44)12-17-7-10-20(13-22(17)29(28)38)33-19-8-5-16(6-9-19)30(39)40/h2-15,33,38,44H,32H2,1H3,(H,39,40)(H,41,42). The first kappa shape index (κ1) is 29.5. The highest BCUT2D eigenvalue weighted by Gasteiger charge is 2.14. The summed E-state index contributed by atoms with van der Waals surface area (Å²) in [6.07, 6.45) is 0. The van der Waals surface area contributed by atoms with Crippen LogP contribution in [0.15, 0.2) is 110 Å². The molecular weight excluding hydrogens is 584 g/mol. The van der Waals surface area contributed by atoms with E-state index in [0.717, 1.165) is 0 Å². The number of benzene rings is 5. The maximum absolute atomic E-state index is 11.2. The maximum atomic E-state index is 11.2. The van der Waals surface area contributed by atoms with Crippen LogP contribution in [-0.2, 0) is 0 Å². The minimum atomic E-state index is -1.08. The van der Waals surface area contributed by atoms with Crippen molar-refractivity contribution in [3.05, 3.63) is 96.1 Å². The number of fused-ring (bicyclic) bond motifs is 1. The lowest BCUT2D eigenvalue weighted by molar-refractivity contribution is 0.0686. The second kappa shape index (κ2) is 12.5. The van der Waals surface area contributed by atoms with Gasteiger partial charge in [0.15, 0.2) is 5.75 Å². The number of nitrogens with one attached hydrogen (secondary N) is 1. The van der Waals surface area contributed by atoms with E-state index in [-0.39, 0.29) is 45.4 Å². The molecule has 0 spiro atoms. The second-order valence-corrected chi connectivity index (χ2v) is 9.86. The van der Waals surface area contributed by atoms with Crippen LogP contribution in [0, 0.1) is 0 Å². The number of phenolic OH excluding ortho intramolecular Hbond substituents is 1. The summed E-state index contributed by atoms with van der Waals surface area (Å²) in [6.45, 7) is 0. The van der Waals surface area contributed by atoms with E-state index in [0.29, 0.717) is 32.7 Å². The van der Waals surface area contributed by atoms with Gasteiger partial charge in [-0.3, -0.25) is 0 Å². The first-order chi connectivity index (χ1) is 21.1. The van der Waals surface area contributed by atoms with Crippen LogP contribution in [0.5, 0.6) is 11.5 Å². The third kappa shape index (κ3) is 6.42. The molecule has 0 amide bonds. The fraction of sp³-hybridized carbons (Fsp3) is 0.0323. The van der Waals surface area contributed by atoms with Gasteiger partial charge in [-0.25, -0.2) is 9.59 Å². The molecule has 0 saturated heterocycles. The van der Waals surface area contributed by atoms with E-state index in [2.05, 4.69) is 38.4 Å². The van der Waals surface area contributed by atoms with Gasteiger partial charge in [0, 0.05) is 27.7 Å². The smallest absolute Gasteiger partial charge is 0.335 e. The van der Waals surface area contributed by atoms with Gasteiger partial charge in [0.1, 0.15) is 22.8 Å². The largest absolute Gasteiger partial charge is 0.505 e. The summed E-state index contributed by atoms with van der Waals surface area (Å²) >= 11 is 4.49. The Morgan fingerprint density at radius 1 is 0.795 bits per heavy atom. The van der Waals surface area contributed by atoms with E-state index in [1.807, 2.05) is 6.07 Å². The topological polar surface area (TPSA) is 192 Å². The molecule has 220 valence electrons. The van der Waals surface area contributed by atoms with Gasteiger partial charge in [-0.05, 0) is 72.1 Å². The molecule has 5 aromatic carbocycles. The molecule has 44 heavy (non-hydrogen) atoms. The molecule has 0 unspecified atom stereocenters. The van der Waals surface area contributed by atoms with Crippen LogP contribution >= 0.6 is 12.6 Å². The second-order valence-electron chi connectivity index (χ2n) is 9.37. The monoisotopic (exact) mass is 608 g/mol. The molecule has 13 heteroatoms. The van der Waals surface area contributed by atoms with Crippen LogP contribution in [-0.4, -0.2) is 34.4 Å². The molecule has 0 saturated carbocycles. The van der Waals surface area contributed by atoms with Crippen LogP contribution in [0.3, 0.4) is 0 Å². The summed E-state index contributed by atoms with van der Waals surface area (Å²) < 4.78 is 5.44. The van der Waals surface area contributed by atoms with Crippen molar-refractivity contribution in [2.75, 3.05) is 18.2 Å². The van der Waals surface area contributed by atoms with Crippen LogP contribution in [0.1, 0.15) is 20.7 Å². The van der Waals surface area contributed by atoms with E-state index in [4.69, 9.17) is 15.6 Å². The SMILES string of the molecule is COc1cc(N=Nc2cccc(C(=O)O)c2)c(N)cc1N=Nc1c(S)cc2ccc(Nc3ccc(C(=O)O)cc3)cc2c1O. The molecule has 0 heterocycles. The van der Waals surface area contributed by atoms with Gasteiger partial charge in [0.05, 0.1) is 29.6 Å². The molecule has 0 fully saturated rings. The van der Waals surface area contributed by atoms with Crippen LogP contribution in [0.25, 0.3) is 10.8 Å². The van der Waals surface area contributed by atoms with Gasteiger partial charge in [0.2, 0.25) is 0 Å². The normalized spacial score (nSPS) is 11.3. The average Bonchev–Trinajstić information content (AvgIpc) is 3.01. The third-order valence-corrected chi connectivity index (χ3v) is 6.78. The van der Waals surface area contributed by atoms with Gasteiger partial charge in [-0.2, -0.15) is 5.11 Å². The van der Waals surface area contributed by atoms with Crippen molar-refractivity contribution >= 4 is 75.2 Å². The van der Waals surface area contributed by atoms with Crippen molar-refractivity contribution in [2.24, 2.45) is 20.5 Å². The predicted molar refractivity (Wildman–Crippen MR) is 169 cm³/mol. The highest BCUT2D eigenvalue weighted by atomic mass is 32.1. The van der Waals surface area contributed by atoms with Crippen LogP contribution < -0.4 is 15.8 Å². The summed E-state index contributed by atoms with van der Waals surface area (Å²) in [4.78, 5) is 22.7. The first-order valence-corrected chi connectivity index (χ1v) is 13.3. The number of azo groups is 2. The van der Waals surface area contributed by atoms with Crippen LogP contribution in [0.4, 0.5) is 39.8 Å². The van der Waals surface area contributed by atoms with Crippen molar-refractivity contribution in [2.45, 2.75) is 4.90 Å². The minimum absolute atomic E-state index is 0.0722. The number of methoxy groups -OCH3 is 1. The minimum Gasteiger partial charge on any atom is -0.505 e. The Morgan fingerprint density at radius 2 is 1.50 bits per heavy atom. The lowest BCUT2D eigenvalue weighted by Gasteiger charge is -2.11. The number of nitrogens with zero attached hydrogens (tertiary/aromatic N) is 4. The van der Waals surface area contributed by atoms with Gasteiger partial charge in [-0.15, -0.1) is 28.0 Å². The molecule has 0 bridgehead atoms. The summed E-state index contributed by atoms with van der Waals surface area (Å²) in [5.74, 6) is -1.97. The maximum Gasteiger partial charge on any atom is 0.335 e. The van der Waals surface area contributed by atoms with Gasteiger partial charge >= 0.3 is 11.9 Å². The highest BCUT2D eigenvalue weighted by molar-refractivity contribution is 7.80. The molecule has 0 aliphatic rings. The molecule has 0 atom stereocenters. The Morgan fingerprint density at radius 3 is 2.20 bits per heavy atom. The number of hydrogen-bond donors (Lipinski definition) is 6. The fourth-order valence-electron chi connectivity index (χ4n) is 4.21. The van der Waals surface area contributed by atoms with E-state index < -0.39 is 11.9 Å². The number of nitrogens with two attached hydrogens (primary N) is 1. The van der Waals surface area contributed by atoms with Crippen molar-refractivity contribution in [1.82, 2.24) is 0 Å². The number of carboxylic acid groups (broad SMARTS) is 2. The van der Waals surface area contributed by atoms with E-state index in [9.17, 15) is 19.8 Å². The Labute approximate surface area is 255 Å². The Bertz CT molecular complexity index is 1980. The molecule has 0 aromatic heterocycles. The zero-order chi connectivity index (χ0) is 31.4. The first-order valence-electron chi connectivity index (χ1n) is 12.9. The summed E-state index contributed by atoms with van der Waals surface area (Å²) in [5.41, 5.74) is 8.92. The van der Waals surface area contributed by atoms with Crippen LogP contribution in [0.2, 0.25) is 0 Å². The zero-order valence-electron chi connectivity index (χ0n) is 23.0. The number of hydrogen-bond acceptors (Lipinski definition) is 11. The number of nitrogen functional groups attached to an aromatic ring is 1. The fourth-order valence-corrected chi connectivity index (χ4v) is 4.50. The number of thiol groups is 1. The molecule has 5 rings (SSSR count). The number of carbonyl (C=O) groups is 2. The predicted octanol–water partition coefficient (Wildman–Crippen LogP) is 8.40. The number of carboxylic acids is 2. The van der Waals surface area contributed by atoms with E-state index in [1.54, 1.807) is 42.5 Å². The number of anilines is 3. The molecule has 6 N–H and O–H groups in total. The van der Waals surface area contributed by atoms with Crippen molar-refractivity contribution in [1.29, 1.82) is 0 Å². The quantitative estimate of drug-likeness (QED) is 0.0545. The van der Waals surface area contributed by atoms with Crippen molar-refractivity contribution in [3.8, 4) is 11.5 Å². The summed E-state index contributed by atoms with van der Waals surface area (Å²) in [5, 5.41) is 50.5. The molecule has 0 aliphatic heterocycles. The number of aromatic carboxylic acids is 2. The Hall–Kier alpha value is -5.95. The number of phenols is 1. The van der Waals surface area contributed by atoms with E-state index >= 15 is 0 Å². The van der Waals surface area contributed by atoms with Crippen molar-refractivity contribution in [3.63, 3.8) is 0 Å². The molecule has 0 radical (unpaired) electrons. The Balaban J connectivity index is 1.42. The summed E-state index contributed by atoms with van der Waals surface area (Å²) in [6, 6.07) is 22.4. The zero-order valence-corrected chi connectivity index (χ0v) is 23.9. The lowest BCUT2D eigenvalue weighted by Crippen LogP contribution is -1.96. The Kier molecular flexibility index (Phi) is 8.40. The van der Waals surface area contributed by atoms with Crippen molar-refractivity contribution < 1.29 is 29.6 Å².